The molecular formula is C28H35N7. The molecule has 0 spiro atoms. The van der Waals surface area contributed by atoms with Gasteiger partial charge in [-0.2, -0.15) is 0 Å². The predicted molar refractivity (Wildman–Crippen MR) is 144 cm³/mol. The molecule has 0 atom stereocenters. The predicted octanol–water partition coefficient (Wildman–Crippen LogP) is 4.75. The Kier molecular flexibility index (Phi) is 6.95. The molecule has 4 aromatic rings. The van der Waals surface area contributed by atoms with E-state index in [0.717, 1.165) is 80.6 Å². The number of aromatic nitrogens is 4. The van der Waals surface area contributed by atoms with Crippen LogP contribution < -0.4 is 10.2 Å². The van der Waals surface area contributed by atoms with Crippen molar-refractivity contribution >= 4 is 22.7 Å². The fourth-order valence-corrected chi connectivity index (χ4v) is 4.93. The number of benzene rings is 2. The molecular weight excluding hydrogens is 434 g/mol. The molecule has 2 aromatic carbocycles. The Morgan fingerprint density at radius 3 is 2.46 bits per heavy atom. The summed E-state index contributed by atoms with van der Waals surface area (Å²) in [5.41, 5.74) is 6.98. The molecule has 3 heterocycles. The van der Waals surface area contributed by atoms with Gasteiger partial charge in [-0.05, 0) is 37.5 Å². The smallest absolute Gasteiger partial charge is 0.165 e. The van der Waals surface area contributed by atoms with Gasteiger partial charge < -0.3 is 14.8 Å². The van der Waals surface area contributed by atoms with Crippen molar-refractivity contribution in [3.05, 3.63) is 66.0 Å². The van der Waals surface area contributed by atoms with E-state index < -0.39 is 0 Å². The van der Waals surface area contributed by atoms with Crippen molar-refractivity contribution in [3.8, 4) is 11.4 Å². The van der Waals surface area contributed by atoms with Crippen molar-refractivity contribution in [1.82, 2.24) is 24.4 Å². The van der Waals surface area contributed by atoms with Crippen LogP contribution >= 0.6 is 0 Å². The molecule has 1 N–H and O–H groups in total. The van der Waals surface area contributed by atoms with Crippen molar-refractivity contribution < 1.29 is 0 Å². The van der Waals surface area contributed by atoms with Crippen molar-refractivity contribution in [2.75, 3.05) is 49.5 Å². The second-order valence-electron chi connectivity index (χ2n) is 9.32. The molecule has 5 rings (SSSR count). The summed E-state index contributed by atoms with van der Waals surface area (Å²) in [7, 11) is 0. The second-order valence-corrected chi connectivity index (χ2v) is 9.32. The largest absolute Gasteiger partial charge is 0.369 e. The minimum absolute atomic E-state index is 0.816. The van der Waals surface area contributed by atoms with Crippen LogP contribution in [0, 0.1) is 13.8 Å². The van der Waals surface area contributed by atoms with Crippen molar-refractivity contribution in [3.63, 3.8) is 0 Å². The van der Waals surface area contributed by atoms with Crippen LogP contribution in [-0.2, 0) is 6.54 Å². The lowest BCUT2D eigenvalue weighted by Crippen LogP contribution is -2.47. The van der Waals surface area contributed by atoms with Crippen LogP contribution in [0.2, 0.25) is 0 Å². The summed E-state index contributed by atoms with van der Waals surface area (Å²) in [6.07, 6.45) is 2.67. The molecule has 0 amide bonds. The van der Waals surface area contributed by atoms with Crippen LogP contribution in [-0.4, -0.2) is 63.7 Å². The number of hydrogen-bond acceptors (Lipinski definition) is 6. The number of anilines is 2. The fourth-order valence-electron chi connectivity index (χ4n) is 4.93. The van der Waals surface area contributed by atoms with E-state index in [1.165, 1.54) is 16.8 Å². The lowest BCUT2D eigenvalue weighted by atomic mass is 10.1. The third kappa shape index (κ3) is 4.86. The van der Waals surface area contributed by atoms with Crippen LogP contribution in [0.3, 0.4) is 0 Å². The van der Waals surface area contributed by atoms with Crippen molar-refractivity contribution in [2.45, 2.75) is 33.7 Å². The van der Waals surface area contributed by atoms with Crippen LogP contribution in [0.25, 0.3) is 22.6 Å². The van der Waals surface area contributed by atoms with Crippen molar-refractivity contribution in [1.29, 1.82) is 0 Å². The highest BCUT2D eigenvalue weighted by Gasteiger charge is 2.20. The molecule has 1 saturated heterocycles. The second kappa shape index (κ2) is 10.4. The number of fused-ring (bicyclic) bond motifs is 1. The third-order valence-electron chi connectivity index (χ3n) is 7.02. The number of aryl methyl sites for hydroxylation is 2. The van der Waals surface area contributed by atoms with E-state index in [-0.39, 0.29) is 0 Å². The fraction of sp³-hybridized carbons (Fsp3) is 0.393. The van der Waals surface area contributed by atoms with E-state index in [2.05, 4.69) is 92.9 Å². The molecule has 182 valence electrons. The summed E-state index contributed by atoms with van der Waals surface area (Å²) in [5.74, 6) is 1.77. The Balaban J connectivity index is 1.24. The molecule has 7 nitrogen and oxygen atoms in total. The van der Waals surface area contributed by atoms with Gasteiger partial charge in [-0.15, -0.1) is 0 Å². The molecule has 0 saturated carbocycles. The maximum Gasteiger partial charge on any atom is 0.165 e. The van der Waals surface area contributed by atoms with Gasteiger partial charge in [-0.25, -0.2) is 15.0 Å². The summed E-state index contributed by atoms with van der Waals surface area (Å²) in [5, 5.41) is 3.55. The molecule has 0 aliphatic carbocycles. The van der Waals surface area contributed by atoms with Crippen molar-refractivity contribution in [2.24, 2.45) is 0 Å². The van der Waals surface area contributed by atoms with Gasteiger partial charge in [0.2, 0.25) is 0 Å². The lowest BCUT2D eigenvalue weighted by Gasteiger charge is -2.37. The molecule has 35 heavy (non-hydrogen) atoms. The SMILES string of the molecule is CCCn1c(-c2ccccc2)nc2c(NCCN3CCN(c4cccc(C)c4C)CC3)ncnc21. The molecule has 0 unspecified atom stereocenters. The minimum atomic E-state index is 0.816. The molecule has 0 radical (unpaired) electrons. The van der Waals surface area contributed by atoms with E-state index in [0.29, 0.717) is 0 Å². The van der Waals surface area contributed by atoms with E-state index in [9.17, 15) is 0 Å². The van der Waals surface area contributed by atoms with Gasteiger partial charge >= 0.3 is 0 Å². The number of piperazine rings is 1. The van der Waals surface area contributed by atoms with Gasteiger partial charge in [0.05, 0.1) is 0 Å². The summed E-state index contributed by atoms with van der Waals surface area (Å²) in [6.45, 7) is 13.5. The maximum absolute atomic E-state index is 4.98. The molecule has 0 bridgehead atoms. The molecule has 7 heteroatoms. The Labute approximate surface area is 207 Å². The van der Waals surface area contributed by atoms with Crippen LogP contribution in [0.15, 0.2) is 54.9 Å². The first-order valence-electron chi connectivity index (χ1n) is 12.7. The summed E-state index contributed by atoms with van der Waals surface area (Å²) >= 11 is 0. The molecule has 1 aliphatic heterocycles. The van der Waals surface area contributed by atoms with Gasteiger partial charge in [-0.3, -0.25) is 4.90 Å². The Hall–Kier alpha value is -3.45. The molecule has 1 fully saturated rings. The summed E-state index contributed by atoms with van der Waals surface area (Å²) in [4.78, 5) is 19.2. The minimum Gasteiger partial charge on any atom is -0.369 e. The highest BCUT2D eigenvalue weighted by molar-refractivity contribution is 5.86. The van der Waals surface area contributed by atoms with Gasteiger partial charge in [-0.1, -0.05) is 49.4 Å². The first-order valence-corrected chi connectivity index (χ1v) is 12.7. The maximum atomic E-state index is 4.98. The number of imidazole rings is 1. The average molecular weight is 470 g/mol. The zero-order chi connectivity index (χ0) is 24.2. The number of nitrogens with one attached hydrogen (secondary N) is 1. The van der Waals surface area contributed by atoms with E-state index in [1.807, 2.05) is 6.07 Å². The Morgan fingerprint density at radius 1 is 0.886 bits per heavy atom. The first-order chi connectivity index (χ1) is 17.2. The highest BCUT2D eigenvalue weighted by atomic mass is 15.3. The zero-order valence-corrected chi connectivity index (χ0v) is 21.0. The average Bonchev–Trinajstić information content (AvgIpc) is 3.26. The highest BCUT2D eigenvalue weighted by Crippen LogP contribution is 2.27. The number of rotatable bonds is 8. The third-order valence-corrected chi connectivity index (χ3v) is 7.02. The van der Waals surface area contributed by atoms with Gasteiger partial charge in [0, 0.05) is 57.1 Å². The van der Waals surface area contributed by atoms with Crippen LogP contribution in [0.1, 0.15) is 24.5 Å². The van der Waals surface area contributed by atoms with Gasteiger partial charge in [0.15, 0.2) is 17.0 Å². The van der Waals surface area contributed by atoms with E-state index in [4.69, 9.17) is 4.98 Å². The first kappa shape index (κ1) is 23.3. The van der Waals surface area contributed by atoms with Crippen LogP contribution in [0.4, 0.5) is 11.5 Å². The van der Waals surface area contributed by atoms with E-state index in [1.54, 1.807) is 6.33 Å². The Morgan fingerprint density at radius 2 is 1.69 bits per heavy atom. The number of nitrogens with zero attached hydrogens (tertiary/aromatic N) is 6. The van der Waals surface area contributed by atoms with E-state index >= 15 is 0 Å². The molecule has 2 aromatic heterocycles. The van der Waals surface area contributed by atoms with Gasteiger partial charge in [0.25, 0.3) is 0 Å². The topological polar surface area (TPSA) is 62.1 Å². The van der Waals surface area contributed by atoms with Crippen LogP contribution in [0.5, 0.6) is 0 Å². The molecule has 1 aliphatic rings. The monoisotopic (exact) mass is 469 g/mol. The lowest BCUT2D eigenvalue weighted by molar-refractivity contribution is 0.267. The quantitative estimate of drug-likeness (QED) is 0.402. The number of hydrogen-bond donors (Lipinski definition) is 1. The summed E-state index contributed by atoms with van der Waals surface area (Å²) in [6, 6.07) is 17.0. The normalized spacial score (nSPS) is 14.5. The summed E-state index contributed by atoms with van der Waals surface area (Å²) < 4.78 is 2.21. The zero-order valence-electron chi connectivity index (χ0n) is 21.0. The Bertz CT molecular complexity index is 1270. The standard InChI is InChI=1S/C28H35N7/c1-4-14-35-27(23-10-6-5-7-11-23)32-25-26(30-20-31-28(25)35)29-13-15-33-16-18-34(19-17-33)24-12-8-9-21(2)22(24)3/h5-12,20H,4,13-19H2,1-3H3,(H,29,30,31). The van der Waals surface area contributed by atoms with Gasteiger partial charge in [0.1, 0.15) is 12.2 Å².